The normalized spacial score (nSPS) is 17.8. The number of aromatic nitrogens is 2. The zero-order chi connectivity index (χ0) is 13.9. The minimum absolute atomic E-state index is 0.430. The van der Waals surface area contributed by atoms with Gasteiger partial charge in [0.25, 0.3) is 0 Å². The average molecular weight is 262 g/mol. The molecule has 0 aromatic carbocycles. The second kappa shape index (κ2) is 5.87. The fraction of sp³-hybridized carbons (Fsp3) is 0.733. The summed E-state index contributed by atoms with van der Waals surface area (Å²) in [6.07, 6.45) is 5.00. The molecule has 1 fully saturated rings. The van der Waals surface area contributed by atoms with Crippen molar-refractivity contribution in [3.63, 3.8) is 0 Å². The first-order valence-electron chi connectivity index (χ1n) is 7.20. The maximum atomic E-state index is 4.46. The van der Waals surface area contributed by atoms with E-state index in [0.29, 0.717) is 5.41 Å². The molecule has 1 saturated heterocycles. The van der Waals surface area contributed by atoms with Gasteiger partial charge in [0.2, 0.25) is 0 Å². The van der Waals surface area contributed by atoms with Crippen LogP contribution in [0.25, 0.3) is 0 Å². The highest BCUT2D eigenvalue weighted by molar-refractivity contribution is 5.36. The van der Waals surface area contributed by atoms with Gasteiger partial charge in [-0.05, 0) is 25.3 Å². The Bertz CT molecular complexity index is 386. The molecule has 0 aliphatic carbocycles. The van der Waals surface area contributed by atoms with Gasteiger partial charge in [0.05, 0.1) is 18.1 Å². The van der Waals surface area contributed by atoms with E-state index in [-0.39, 0.29) is 0 Å². The lowest BCUT2D eigenvalue weighted by Gasteiger charge is -2.36. The predicted octanol–water partition coefficient (Wildman–Crippen LogP) is 2.34. The van der Waals surface area contributed by atoms with Crippen molar-refractivity contribution in [2.75, 3.05) is 37.6 Å². The molecule has 0 atom stereocenters. The van der Waals surface area contributed by atoms with Crippen molar-refractivity contribution in [3.8, 4) is 0 Å². The molecule has 0 unspecified atom stereocenters. The molecular weight excluding hydrogens is 236 g/mol. The van der Waals surface area contributed by atoms with Gasteiger partial charge in [0, 0.05) is 26.2 Å². The molecule has 106 valence electrons. The second-order valence-electron chi connectivity index (χ2n) is 6.66. The molecule has 2 rings (SSSR count). The van der Waals surface area contributed by atoms with Crippen LogP contribution in [-0.4, -0.2) is 47.6 Å². The van der Waals surface area contributed by atoms with Gasteiger partial charge < -0.3 is 4.90 Å². The lowest BCUT2D eigenvalue weighted by molar-refractivity contribution is 0.217. The molecule has 0 amide bonds. The van der Waals surface area contributed by atoms with Gasteiger partial charge in [-0.2, -0.15) is 0 Å². The largest absolute Gasteiger partial charge is 0.353 e. The molecular formula is C15H26N4. The van der Waals surface area contributed by atoms with Crippen LogP contribution in [0.15, 0.2) is 12.4 Å². The van der Waals surface area contributed by atoms with E-state index in [9.17, 15) is 0 Å². The molecule has 4 heteroatoms. The minimum atomic E-state index is 0.430. The van der Waals surface area contributed by atoms with E-state index in [2.05, 4.69) is 40.5 Å². The number of hydrogen-bond acceptors (Lipinski definition) is 4. The zero-order valence-electron chi connectivity index (χ0n) is 12.7. The molecule has 0 N–H and O–H groups in total. The summed E-state index contributed by atoms with van der Waals surface area (Å²) in [5.74, 6) is 1.01. The third kappa shape index (κ3) is 4.46. The Kier molecular flexibility index (Phi) is 4.40. The number of aryl methyl sites for hydroxylation is 1. The van der Waals surface area contributed by atoms with Crippen LogP contribution in [0, 0.1) is 12.3 Å². The van der Waals surface area contributed by atoms with E-state index in [1.54, 1.807) is 0 Å². The van der Waals surface area contributed by atoms with Crippen LogP contribution in [0.2, 0.25) is 0 Å². The Morgan fingerprint density at radius 3 is 2.26 bits per heavy atom. The third-order valence-electron chi connectivity index (χ3n) is 3.64. The first kappa shape index (κ1) is 14.3. The first-order valence-corrected chi connectivity index (χ1v) is 7.20. The van der Waals surface area contributed by atoms with Gasteiger partial charge in [0.1, 0.15) is 5.82 Å². The molecule has 1 aromatic rings. The summed E-state index contributed by atoms with van der Waals surface area (Å²) in [7, 11) is 0. The SMILES string of the molecule is Cc1cnc(N2CCN(CCC(C)(C)C)CC2)cn1. The monoisotopic (exact) mass is 262 g/mol. The van der Waals surface area contributed by atoms with Crippen molar-refractivity contribution < 1.29 is 0 Å². The molecule has 2 heterocycles. The molecule has 0 radical (unpaired) electrons. The van der Waals surface area contributed by atoms with Gasteiger partial charge in [0.15, 0.2) is 0 Å². The maximum absolute atomic E-state index is 4.46. The zero-order valence-corrected chi connectivity index (χ0v) is 12.7. The fourth-order valence-electron chi connectivity index (χ4n) is 2.24. The highest BCUT2D eigenvalue weighted by atomic mass is 15.3. The van der Waals surface area contributed by atoms with Crippen LogP contribution in [0.5, 0.6) is 0 Å². The van der Waals surface area contributed by atoms with E-state index in [4.69, 9.17) is 0 Å². The minimum Gasteiger partial charge on any atom is -0.353 e. The Morgan fingerprint density at radius 2 is 1.74 bits per heavy atom. The van der Waals surface area contributed by atoms with Crippen molar-refractivity contribution in [2.45, 2.75) is 34.1 Å². The van der Waals surface area contributed by atoms with Crippen LogP contribution in [-0.2, 0) is 0 Å². The van der Waals surface area contributed by atoms with Crippen molar-refractivity contribution in [2.24, 2.45) is 5.41 Å². The topological polar surface area (TPSA) is 32.3 Å². The Hall–Kier alpha value is -1.16. The van der Waals surface area contributed by atoms with E-state index >= 15 is 0 Å². The predicted molar refractivity (Wildman–Crippen MR) is 79.5 cm³/mol. The van der Waals surface area contributed by atoms with Crippen molar-refractivity contribution >= 4 is 5.82 Å². The summed E-state index contributed by atoms with van der Waals surface area (Å²) < 4.78 is 0. The quantitative estimate of drug-likeness (QED) is 0.837. The maximum Gasteiger partial charge on any atom is 0.147 e. The fourth-order valence-corrected chi connectivity index (χ4v) is 2.24. The van der Waals surface area contributed by atoms with Gasteiger partial charge in [-0.3, -0.25) is 9.88 Å². The Labute approximate surface area is 116 Å². The summed E-state index contributed by atoms with van der Waals surface area (Å²) in [6.45, 7) is 14.5. The van der Waals surface area contributed by atoms with E-state index in [1.807, 2.05) is 19.3 Å². The molecule has 1 aliphatic heterocycles. The molecule has 0 spiro atoms. The Morgan fingerprint density at radius 1 is 1.05 bits per heavy atom. The molecule has 1 aliphatic rings. The van der Waals surface area contributed by atoms with Gasteiger partial charge in [-0.15, -0.1) is 0 Å². The average Bonchev–Trinajstić information content (AvgIpc) is 2.37. The smallest absolute Gasteiger partial charge is 0.147 e. The number of anilines is 1. The number of hydrogen-bond donors (Lipinski definition) is 0. The van der Waals surface area contributed by atoms with Crippen molar-refractivity contribution in [1.29, 1.82) is 0 Å². The van der Waals surface area contributed by atoms with E-state index in [1.165, 1.54) is 13.0 Å². The number of nitrogens with zero attached hydrogens (tertiary/aromatic N) is 4. The standard InChI is InChI=1S/C15H26N4/c1-13-11-17-14(12-16-13)19-9-7-18(8-10-19)6-5-15(2,3)4/h11-12H,5-10H2,1-4H3. The van der Waals surface area contributed by atoms with Crippen LogP contribution in [0.4, 0.5) is 5.82 Å². The van der Waals surface area contributed by atoms with E-state index < -0.39 is 0 Å². The number of piperazine rings is 1. The van der Waals surface area contributed by atoms with Crippen LogP contribution in [0.1, 0.15) is 32.9 Å². The highest BCUT2D eigenvalue weighted by Crippen LogP contribution is 2.20. The number of rotatable bonds is 3. The first-order chi connectivity index (χ1) is 8.94. The lowest BCUT2D eigenvalue weighted by atomic mass is 9.92. The molecule has 19 heavy (non-hydrogen) atoms. The van der Waals surface area contributed by atoms with Crippen LogP contribution in [0.3, 0.4) is 0 Å². The summed E-state index contributed by atoms with van der Waals surface area (Å²) in [4.78, 5) is 13.7. The van der Waals surface area contributed by atoms with Gasteiger partial charge in [-0.1, -0.05) is 20.8 Å². The molecule has 1 aromatic heterocycles. The van der Waals surface area contributed by atoms with Crippen molar-refractivity contribution in [3.05, 3.63) is 18.1 Å². The Balaban J connectivity index is 1.81. The second-order valence-corrected chi connectivity index (χ2v) is 6.66. The molecule has 0 bridgehead atoms. The summed E-state index contributed by atoms with van der Waals surface area (Å²) in [5, 5.41) is 0. The van der Waals surface area contributed by atoms with E-state index in [0.717, 1.165) is 37.7 Å². The summed E-state index contributed by atoms with van der Waals surface area (Å²) >= 11 is 0. The highest BCUT2D eigenvalue weighted by Gasteiger charge is 2.19. The summed E-state index contributed by atoms with van der Waals surface area (Å²) in [6, 6.07) is 0. The molecule has 0 saturated carbocycles. The third-order valence-corrected chi connectivity index (χ3v) is 3.64. The van der Waals surface area contributed by atoms with Crippen LogP contribution < -0.4 is 4.90 Å². The van der Waals surface area contributed by atoms with Gasteiger partial charge in [-0.25, -0.2) is 4.98 Å². The lowest BCUT2D eigenvalue weighted by Crippen LogP contribution is -2.47. The molecule has 4 nitrogen and oxygen atoms in total. The summed E-state index contributed by atoms with van der Waals surface area (Å²) in [5.41, 5.74) is 1.41. The van der Waals surface area contributed by atoms with Crippen molar-refractivity contribution in [1.82, 2.24) is 14.9 Å². The van der Waals surface area contributed by atoms with Gasteiger partial charge >= 0.3 is 0 Å². The van der Waals surface area contributed by atoms with Crippen LogP contribution >= 0.6 is 0 Å².